The summed E-state index contributed by atoms with van der Waals surface area (Å²) in [5.74, 6) is 0.512. The largest absolute Gasteiger partial charge is 0.489 e. The molecule has 1 aliphatic heterocycles. The van der Waals surface area contributed by atoms with E-state index in [0.29, 0.717) is 29.4 Å². The molecule has 1 heterocycles. The third-order valence-electron chi connectivity index (χ3n) is 4.22. The molecule has 0 aromatic heterocycles. The van der Waals surface area contributed by atoms with Crippen molar-refractivity contribution in [2.75, 3.05) is 11.9 Å². The topological polar surface area (TPSA) is 70.6 Å². The number of aliphatic hydroxyl groups excluding tert-OH is 1. The molecule has 2 aliphatic rings. The Bertz CT molecular complexity index is 550. The third-order valence-corrected chi connectivity index (χ3v) is 4.51. The highest BCUT2D eigenvalue weighted by Crippen LogP contribution is 2.31. The summed E-state index contributed by atoms with van der Waals surface area (Å²) in [6.45, 7) is 0.451. The van der Waals surface area contributed by atoms with E-state index in [0.717, 1.165) is 12.8 Å². The zero-order valence-corrected chi connectivity index (χ0v) is 14.3. The maximum Gasteiger partial charge on any atom is 0.241 e. The number of amides is 1. The van der Waals surface area contributed by atoms with Crippen molar-refractivity contribution in [3.05, 3.63) is 23.2 Å². The van der Waals surface area contributed by atoms with Crippen molar-refractivity contribution < 1.29 is 14.6 Å². The van der Waals surface area contributed by atoms with Crippen molar-refractivity contribution >= 4 is 35.6 Å². The molecule has 5 nitrogen and oxygen atoms in total. The minimum absolute atomic E-state index is 0. The van der Waals surface area contributed by atoms with Crippen molar-refractivity contribution in [3.8, 4) is 5.75 Å². The van der Waals surface area contributed by atoms with Crippen LogP contribution in [0.15, 0.2) is 18.2 Å². The van der Waals surface area contributed by atoms with Gasteiger partial charge in [0, 0.05) is 12.2 Å². The van der Waals surface area contributed by atoms with Crippen molar-refractivity contribution in [2.45, 2.75) is 50.4 Å². The second kappa shape index (κ2) is 8.20. The number of aliphatic hydroxyl groups is 1. The first-order chi connectivity index (χ1) is 10.6. The number of hydrogen-bond acceptors (Lipinski definition) is 4. The Labute approximate surface area is 147 Å². The number of nitrogens with one attached hydrogen (secondary N) is 2. The Hall–Kier alpha value is -1.01. The van der Waals surface area contributed by atoms with Crippen LogP contribution in [0, 0.1) is 0 Å². The number of rotatable bonds is 4. The van der Waals surface area contributed by atoms with Gasteiger partial charge in [-0.3, -0.25) is 4.79 Å². The van der Waals surface area contributed by atoms with Gasteiger partial charge in [-0.15, -0.1) is 12.4 Å². The molecule has 3 rings (SSSR count). The van der Waals surface area contributed by atoms with E-state index in [1.54, 1.807) is 18.2 Å². The number of β-amino-alcohol motifs (C(OH)–C–C–N with tert-alkyl or cyclic N) is 1. The van der Waals surface area contributed by atoms with Crippen LogP contribution >= 0.6 is 24.0 Å². The SMILES string of the molecule is Cl.O=C(Nc1ccc(OC2CCCC2)c(Cl)c1)C1CC(O)CN1. The Morgan fingerprint density at radius 1 is 1.35 bits per heavy atom. The molecule has 1 saturated heterocycles. The van der Waals surface area contributed by atoms with Crippen LogP contribution in [0.25, 0.3) is 0 Å². The lowest BCUT2D eigenvalue weighted by Gasteiger charge is -2.16. The minimum atomic E-state index is -0.457. The van der Waals surface area contributed by atoms with Crippen LogP contribution in [0.1, 0.15) is 32.1 Å². The van der Waals surface area contributed by atoms with Gasteiger partial charge >= 0.3 is 0 Å². The molecule has 3 N–H and O–H groups in total. The van der Waals surface area contributed by atoms with Gasteiger partial charge in [0.2, 0.25) is 5.91 Å². The van der Waals surface area contributed by atoms with Crippen molar-refractivity contribution in [1.29, 1.82) is 0 Å². The molecule has 0 spiro atoms. The van der Waals surface area contributed by atoms with Crippen LogP contribution in [-0.2, 0) is 4.79 Å². The number of halogens is 2. The average molecular weight is 361 g/mol. The Kier molecular flexibility index (Phi) is 6.53. The zero-order valence-electron chi connectivity index (χ0n) is 12.8. The van der Waals surface area contributed by atoms with E-state index in [2.05, 4.69) is 10.6 Å². The molecule has 23 heavy (non-hydrogen) atoms. The minimum Gasteiger partial charge on any atom is -0.489 e. The second-order valence-corrected chi connectivity index (χ2v) is 6.42. The lowest BCUT2D eigenvalue weighted by molar-refractivity contribution is -0.117. The summed E-state index contributed by atoms with van der Waals surface area (Å²) in [5, 5.41) is 15.7. The number of ether oxygens (including phenoxy) is 1. The Balaban J connectivity index is 0.00000192. The molecular weight excluding hydrogens is 339 g/mol. The standard InChI is InChI=1S/C16H21ClN2O3.ClH/c17-13-7-10(19-16(21)14-8-11(20)9-18-14)5-6-15(13)22-12-3-1-2-4-12;/h5-7,11-12,14,18,20H,1-4,8-9H2,(H,19,21);1H. The fourth-order valence-electron chi connectivity index (χ4n) is 3.01. The number of carbonyl (C=O) groups is 1. The molecule has 0 bridgehead atoms. The Morgan fingerprint density at radius 2 is 2.09 bits per heavy atom. The summed E-state index contributed by atoms with van der Waals surface area (Å²) in [4.78, 5) is 12.1. The van der Waals surface area contributed by atoms with Crippen LogP contribution in [-0.4, -0.2) is 35.8 Å². The molecule has 128 valence electrons. The van der Waals surface area contributed by atoms with E-state index in [4.69, 9.17) is 16.3 Å². The normalized spacial score (nSPS) is 24.3. The van der Waals surface area contributed by atoms with Gasteiger partial charge in [0.1, 0.15) is 5.75 Å². The molecule has 1 amide bonds. The van der Waals surface area contributed by atoms with Crippen LogP contribution in [0.2, 0.25) is 5.02 Å². The van der Waals surface area contributed by atoms with Gasteiger partial charge in [-0.1, -0.05) is 11.6 Å². The van der Waals surface area contributed by atoms with Gasteiger partial charge in [0.15, 0.2) is 0 Å². The van der Waals surface area contributed by atoms with Crippen LogP contribution in [0.4, 0.5) is 5.69 Å². The van der Waals surface area contributed by atoms with E-state index in [1.807, 2.05) is 0 Å². The van der Waals surface area contributed by atoms with Gasteiger partial charge in [-0.05, 0) is 50.3 Å². The van der Waals surface area contributed by atoms with E-state index in [9.17, 15) is 9.90 Å². The highest BCUT2D eigenvalue weighted by molar-refractivity contribution is 6.32. The molecule has 1 aromatic rings. The first kappa shape index (κ1) is 18.3. The summed E-state index contributed by atoms with van der Waals surface area (Å²) < 4.78 is 5.89. The third kappa shape index (κ3) is 4.73. The number of benzene rings is 1. The molecule has 1 aliphatic carbocycles. The lowest BCUT2D eigenvalue weighted by Crippen LogP contribution is -2.35. The molecule has 1 saturated carbocycles. The van der Waals surface area contributed by atoms with Crippen LogP contribution < -0.4 is 15.4 Å². The lowest BCUT2D eigenvalue weighted by atomic mass is 10.2. The average Bonchev–Trinajstić information content (AvgIpc) is 3.13. The molecule has 1 aromatic carbocycles. The Morgan fingerprint density at radius 3 is 2.70 bits per heavy atom. The van der Waals surface area contributed by atoms with E-state index in [-0.39, 0.29) is 30.5 Å². The summed E-state index contributed by atoms with van der Waals surface area (Å²) in [6, 6.07) is 4.94. The molecular formula is C16H22Cl2N2O3. The number of hydrogen-bond donors (Lipinski definition) is 3. The smallest absolute Gasteiger partial charge is 0.241 e. The second-order valence-electron chi connectivity index (χ2n) is 6.01. The van der Waals surface area contributed by atoms with E-state index >= 15 is 0 Å². The van der Waals surface area contributed by atoms with Crippen molar-refractivity contribution in [3.63, 3.8) is 0 Å². The zero-order chi connectivity index (χ0) is 15.5. The summed E-state index contributed by atoms with van der Waals surface area (Å²) >= 11 is 6.24. The van der Waals surface area contributed by atoms with Gasteiger partial charge in [0.05, 0.1) is 23.3 Å². The maximum atomic E-state index is 12.1. The highest BCUT2D eigenvalue weighted by Gasteiger charge is 2.28. The summed E-state index contributed by atoms with van der Waals surface area (Å²) in [6.07, 6.45) is 4.79. The molecule has 2 atom stereocenters. The van der Waals surface area contributed by atoms with Gasteiger partial charge in [-0.2, -0.15) is 0 Å². The summed E-state index contributed by atoms with van der Waals surface area (Å²) in [5.41, 5.74) is 0.636. The predicted molar refractivity (Wildman–Crippen MR) is 92.6 cm³/mol. The molecule has 7 heteroatoms. The number of carbonyl (C=O) groups excluding carboxylic acids is 1. The van der Waals surface area contributed by atoms with Gasteiger partial charge in [-0.25, -0.2) is 0 Å². The van der Waals surface area contributed by atoms with Crippen molar-refractivity contribution in [2.24, 2.45) is 0 Å². The number of anilines is 1. The van der Waals surface area contributed by atoms with Crippen LogP contribution in [0.5, 0.6) is 5.75 Å². The molecule has 0 radical (unpaired) electrons. The quantitative estimate of drug-likeness (QED) is 0.771. The van der Waals surface area contributed by atoms with Crippen LogP contribution in [0.3, 0.4) is 0 Å². The summed E-state index contributed by atoms with van der Waals surface area (Å²) in [7, 11) is 0. The highest BCUT2D eigenvalue weighted by atomic mass is 35.5. The fraction of sp³-hybridized carbons (Fsp3) is 0.562. The fourth-order valence-corrected chi connectivity index (χ4v) is 3.23. The first-order valence-electron chi connectivity index (χ1n) is 7.80. The monoisotopic (exact) mass is 360 g/mol. The maximum absolute atomic E-state index is 12.1. The van der Waals surface area contributed by atoms with Gasteiger partial charge < -0.3 is 20.5 Å². The first-order valence-corrected chi connectivity index (χ1v) is 8.18. The molecule has 2 unspecified atom stereocenters. The molecule has 2 fully saturated rings. The predicted octanol–water partition coefficient (Wildman–Crippen LogP) is 2.74. The van der Waals surface area contributed by atoms with Gasteiger partial charge in [0.25, 0.3) is 0 Å². The van der Waals surface area contributed by atoms with Crippen molar-refractivity contribution in [1.82, 2.24) is 5.32 Å². The van der Waals surface area contributed by atoms with E-state index in [1.165, 1.54) is 12.8 Å². The van der Waals surface area contributed by atoms with E-state index < -0.39 is 6.10 Å².